The smallest absolute Gasteiger partial charge is 0.0725 e. The van der Waals surface area contributed by atoms with Gasteiger partial charge < -0.3 is 10.1 Å². The van der Waals surface area contributed by atoms with Crippen LogP contribution in [0.5, 0.6) is 0 Å². The van der Waals surface area contributed by atoms with E-state index in [-0.39, 0.29) is 0 Å². The largest absolute Gasteiger partial charge is 0.377 e. The van der Waals surface area contributed by atoms with Gasteiger partial charge in [-0.2, -0.15) is 0 Å². The van der Waals surface area contributed by atoms with Crippen LogP contribution in [0.25, 0.3) is 0 Å². The van der Waals surface area contributed by atoms with Crippen molar-refractivity contribution in [2.45, 2.75) is 77.9 Å². The molecule has 1 aliphatic rings. The van der Waals surface area contributed by atoms with Gasteiger partial charge in [0.2, 0.25) is 0 Å². The van der Waals surface area contributed by atoms with Gasteiger partial charge in [-0.15, -0.1) is 0 Å². The predicted molar refractivity (Wildman–Crippen MR) is 74.4 cm³/mol. The number of ether oxygens (including phenoxy) is 1. The van der Waals surface area contributed by atoms with Crippen molar-refractivity contribution in [3.8, 4) is 0 Å². The van der Waals surface area contributed by atoms with E-state index in [0.29, 0.717) is 12.1 Å². The highest BCUT2D eigenvalue weighted by atomic mass is 16.5. The van der Waals surface area contributed by atoms with E-state index in [1.807, 2.05) is 0 Å². The van der Waals surface area contributed by atoms with E-state index >= 15 is 0 Å². The Kier molecular flexibility index (Phi) is 7.87. The van der Waals surface area contributed by atoms with E-state index in [1.165, 1.54) is 38.5 Å². The molecule has 1 aliphatic carbocycles. The monoisotopic (exact) mass is 241 g/mol. The number of likely N-dealkylation sites (N-methyl/N-ethyl adjacent to an activating group) is 1. The zero-order valence-corrected chi connectivity index (χ0v) is 12.0. The molecule has 0 aromatic heterocycles. The fourth-order valence-electron chi connectivity index (χ4n) is 3.14. The molecule has 0 amide bonds. The molecule has 2 unspecified atom stereocenters. The molecule has 2 nitrogen and oxygen atoms in total. The van der Waals surface area contributed by atoms with Crippen LogP contribution in [0.2, 0.25) is 0 Å². The second kappa shape index (κ2) is 8.93. The molecule has 17 heavy (non-hydrogen) atoms. The summed E-state index contributed by atoms with van der Waals surface area (Å²) in [6.45, 7) is 8.44. The van der Waals surface area contributed by atoms with Gasteiger partial charge in [-0.05, 0) is 32.2 Å². The van der Waals surface area contributed by atoms with Crippen molar-refractivity contribution in [3.05, 3.63) is 0 Å². The topological polar surface area (TPSA) is 21.3 Å². The van der Waals surface area contributed by atoms with Crippen molar-refractivity contribution in [1.29, 1.82) is 0 Å². The molecule has 0 radical (unpaired) electrons. The maximum Gasteiger partial charge on any atom is 0.0725 e. The van der Waals surface area contributed by atoms with E-state index in [4.69, 9.17) is 4.74 Å². The summed E-state index contributed by atoms with van der Waals surface area (Å²) < 4.78 is 5.88. The second-order valence-corrected chi connectivity index (χ2v) is 5.31. The van der Waals surface area contributed by atoms with Crippen molar-refractivity contribution < 1.29 is 4.74 Å². The second-order valence-electron chi connectivity index (χ2n) is 5.31. The zero-order chi connectivity index (χ0) is 12.5. The van der Waals surface area contributed by atoms with E-state index in [9.17, 15) is 0 Å². The van der Waals surface area contributed by atoms with Crippen LogP contribution in [0.1, 0.15) is 65.7 Å². The lowest BCUT2D eigenvalue weighted by atomic mass is 9.83. The molecule has 1 N–H and O–H groups in total. The highest BCUT2D eigenvalue weighted by molar-refractivity contribution is 4.80. The van der Waals surface area contributed by atoms with E-state index in [2.05, 4.69) is 26.1 Å². The average Bonchev–Trinajstić information content (AvgIpc) is 2.37. The first-order valence-corrected chi connectivity index (χ1v) is 7.66. The van der Waals surface area contributed by atoms with Crippen LogP contribution in [0.15, 0.2) is 0 Å². The van der Waals surface area contributed by atoms with E-state index < -0.39 is 0 Å². The lowest BCUT2D eigenvalue weighted by molar-refractivity contribution is 0.0240. The first-order chi connectivity index (χ1) is 8.31. The highest BCUT2D eigenvalue weighted by Crippen LogP contribution is 2.28. The Morgan fingerprint density at radius 2 is 1.82 bits per heavy atom. The number of nitrogens with one attached hydrogen (secondary N) is 1. The molecular weight excluding hydrogens is 210 g/mol. The Morgan fingerprint density at radius 3 is 2.35 bits per heavy atom. The van der Waals surface area contributed by atoms with Crippen molar-refractivity contribution in [1.82, 2.24) is 5.32 Å². The molecule has 0 saturated heterocycles. The molecule has 0 aromatic rings. The molecule has 0 aliphatic heterocycles. The van der Waals surface area contributed by atoms with Crippen LogP contribution in [0, 0.1) is 5.92 Å². The van der Waals surface area contributed by atoms with E-state index in [1.54, 1.807) is 0 Å². The Morgan fingerprint density at radius 1 is 1.12 bits per heavy atom. The zero-order valence-electron chi connectivity index (χ0n) is 12.0. The molecule has 2 atom stereocenters. The quantitative estimate of drug-likeness (QED) is 0.699. The van der Waals surface area contributed by atoms with E-state index in [0.717, 1.165) is 25.5 Å². The third-order valence-electron chi connectivity index (χ3n) is 4.01. The summed E-state index contributed by atoms with van der Waals surface area (Å²) in [6.07, 6.45) is 10.0. The minimum atomic E-state index is 0.405. The molecule has 102 valence electrons. The van der Waals surface area contributed by atoms with Gasteiger partial charge in [0, 0.05) is 12.6 Å². The molecule has 1 fully saturated rings. The van der Waals surface area contributed by atoms with Gasteiger partial charge in [-0.25, -0.2) is 0 Å². The van der Waals surface area contributed by atoms with Crippen LogP contribution in [-0.4, -0.2) is 25.3 Å². The maximum atomic E-state index is 5.88. The van der Waals surface area contributed by atoms with Crippen LogP contribution in [0.4, 0.5) is 0 Å². The minimum Gasteiger partial charge on any atom is -0.377 e. The van der Waals surface area contributed by atoms with Crippen LogP contribution < -0.4 is 5.32 Å². The van der Waals surface area contributed by atoms with Crippen LogP contribution in [-0.2, 0) is 4.74 Å². The summed E-state index contributed by atoms with van der Waals surface area (Å²) in [4.78, 5) is 0. The Balaban J connectivity index is 2.44. The van der Waals surface area contributed by atoms with Crippen molar-refractivity contribution in [2.75, 3.05) is 13.2 Å². The Labute approximate surface area is 108 Å². The SMILES string of the molecule is CCNC(CC1CCCCC1)C(CC)OCC. The predicted octanol–water partition coefficient (Wildman–Crippen LogP) is 3.75. The van der Waals surface area contributed by atoms with Gasteiger partial charge in [0.05, 0.1) is 6.10 Å². The maximum absolute atomic E-state index is 5.88. The fraction of sp³-hybridized carbons (Fsp3) is 1.00. The lowest BCUT2D eigenvalue weighted by Crippen LogP contribution is -2.42. The van der Waals surface area contributed by atoms with Gasteiger partial charge in [0.1, 0.15) is 0 Å². The first-order valence-electron chi connectivity index (χ1n) is 7.66. The molecule has 1 rings (SSSR count). The molecule has 0 heterocycles. The van der Waals surface area contributed by atoms with Crippen molar-refractivity contribution in [2.24, 2.45) is 5.92 Å². The number of hydrogen-bond donors (Lipinski definition) is 1. The molecule has 0 spiro atoms. The molecule has 2 heteroatoms. The molecule has 1 saturated carbocycles. The normalized spacial score (nSPS) is 21.4. The molecule has 0 aromatic carbocycles. The van der Waals surface area contributed by atoms with Crippen LogP contribution >= 0.6 is 0 Å². The third-order valence-corrected chi connectivity index (χ3v) is 4.01. The Bertz CT molecular complexity index is 178. The summed E-state index contributed by atoms with van der Waals surface area (Å²) in [5.41, 5.74) is 0. The van der Waals surface area contributed by atoms with Gasteiger partial charge in [0.25, 0.3) is 0 Å². The third kappa shape index (κ3) is 5.39. The highest BCUT2D eigenvalue weighted by Gasteiger charge is 2.24. The number of hydrogen-bond acceptors (Lipinski definition) is 2. The van der Waals surface area contributed by atoms with Gasteiger partial charge in [0.15, 0.2) is 0 Å². The summed E-state index contributed by atoms with van der Waals surface area (Å²) >= 11 is 0. The number of rotatable bonds is 8. The first kappa shape index (κ1) is 15.0. The lowest BCUT2D eigenvalue weighted by Gasteiger charge is -2.31. The molecular formula is C15H31NO. The van der Waals surface area contributed by atoms with Crippen molar-refractivity contribution in [3.63, 3.8) is 0 Å². The fourth-order valence-corrected chi connectivity index (χ4v) is 3.14. The van der Waals surface area contributed by atoms with Gasteiger partial charge in [-0.1, -0.05) is 46.0 Å². The van der Waals surface area contributed by atoms with Crippen LogP contribution in [0.3, 0.4) is 0 Å². The minimum absolute atomic E-state index is 0.405. The standard InChI is InChI=1S/C15H31NO/c1-4-15(17-6-3)14(16-5-2)12-13-10-8-7-9-11-13/h13-16H,4-12H2,1-3H3. The average molecular weight is 241 g/mol. The Hall–Kier alpha value is -0.0800. The van der Waals surface area contributed by atoms with Crippen molar-refractivity contribution >= 4 is 0 Å². The summed E-state index contributed by atoms with van der Waals surface area (Å²) in [5, 5.41) is 3.64. The summed E-state index contributed by atoms with van der Waals surface area (Å²) in [5.74, 6) is 0.933. The van der Waals surface area contributed by atoms with Gasteiger partial charge >= 0.3 is 0 Å². The summed E-state index contributed by atoms with van der Waals surface area (Å²) in [7, 11) is 0. The van der Waals surface area contributed by atoms with Gasteiger partial charge in [-0.3, -0.25) is 0 Å². The summed E-state index contributed by atoms with van der Waals surface area (Å²) in [6, 6.07) is 0.563. The molecule has 0 bridgehead atoms.